The smallest absolute Gasteiger partial charge is 0.292 e. The summed E-state index contributed by atoms with van der Waals surface area (Å²) in [5, 5.41) is 2.57. The van der Waals surface area contributed by atoms with Crippen LogP contribution >= 0.6 is 0 Å². The highest BCUT2D eigenvalue weighted by atomic mass is 16.2. The third-order valence-electron chi connectivity index (χ3n) is 1.91. The van der Waals surface area contributed by atoms with Crippen LogP contribution in [0.4, 0.5) is 0 Å². The maximum Gasteiger partial charge on any atom is 0.292 e. The summed E-state index contributed by atoms with van der Waals surface area (Å²) >= 11 is 0. The largest absolute Gasteiger partial charge is 0.347 e. The summed E-state index contributed by atoms with van der Waals surface area (Å²) in [5.74, 6) is -1.02. The Labute approximate surface area is 89.5 Å². The quantitative estimate of drug-likeness (QED) is 0.603. The van der Waals surface area contributed by atoms with Crippen molar-refractivity contribution in [1.29, 1.82) is 0 Å². The molecule has 3 nitrogen and oxygen atoms in total. The van der Waals surface area contributed by atoms with E-state index >= 15 is 0 Å². The SMILES string of the molecule is Cc1cccc(C(=O)C(=O)NC(C)C)c1. The molecule has 15 heavy (non-hydrogen) atoms. The highest BCUT2D eigenvalue weighted by Gasteiger charge is 2.16. The van der Waals surface area contributed by atoms with Gasteiger partial charge >= 0.3 is 0 Å². The van der Waals surface area contributed by atoms with Crippen LogP contribution in [-0.4, -0.2) is 17.7 Å². The van der Waals surface area contributed by atoms with Crippen LogP contribution in [0.3, 0.4) is 0 Å². The summed E-state index contributed by atoms with van der Waals surface area (Å²) in [6.45, 7) is 5.53. The molecule has 0 radical (unpaired) electrons. The van der Waals surface area contributed by atoms with Crippen LogP contribution in [0.15, 0.2) is 24.3 Å². The van der Waals surface area contributed by atoms with Gasteiger partial charge in [-0.05, 0) is 26.8 Å². The molecule has 0 fully saturated rings. The standard InChI is InChI=1S/C12H15NO2/c1-8(2)13-12(15)11(14)10-6-4-5-9(3)7-10/h4-8H,1-3H3,(H,13,15). The summed E-state index contributed by atoms with van der Waals surface area (Å²) in [7, 11) is 0. The number of Topliss-reactive ketones (excluding diaryl/α,β-unsaturated/α-hetero) is 1. The van der Waals surface area contributed by atoms with E-state index in [0.717, 1.165) is 5.56 Å². The Morgan fingerprint density at radius 1 is 1.27 bits per heavy atom. The van der Waals surface area contributed by atoms with Gasteiger partial charge in [-0.3, -0.25) is 9.59 Å². The van der Waals surface area contributed by atoms with Crippen molar-refractivity contribution in [3.8, 4) is 0 Å². The fraction of sp³-hybridized carbons (Fsp3) is 0.333. The van der Waals surface area contributed by atoms with Crippen LogP contribution in [0.2, 0.25) is 0 Å². The Balaban J connectivity index is 2.81. The van der Waals surface area contributed by atoms with Crippen molar-refractivity contribution in [2.75, 3.05) is 0 Å². The lowest BCUT2D eigenvalue weighted by molar-refractivity contribution is -0.117. The van der Waals surface area contributed by atoms with Gasteiger partial charge in [-0.25, -0.2) is 0 Å². The molecule has 80 valence electrons. The molecule has 0 aliphatic carbocycles. The van der Waals surface area contributed by atoms with E-state index in [9.17, 15) is 9.59 Å². The minimum absolute atomic E-state index is 0.0220. The lowest BCUT2D eigenvalue weighted by Crippen LogP contribution is -2.35. The lowest BCUT2D eigenvalue weighted by Gasteiger charge is -2.07. The number of ketones is 1. The van der Waals surface area contributed by atoms with Crippen molar-refractivity contribution < 1.29 is 9.59 Å². The second kappa shape index (κ2) is 4.73. The Hall–Kier alpha value is -1.64. The molecule has 0 aliphatic rings. The minimum atomic E-state index is -0.546. The molecule has 1 aromatic rings. The Bertz CT molecular complexity index is 383. The first kappa shape index (κ1) is 11.4. The zero-order valence-electron chi connectivity index (χ0n) is 9.20. The fourth-order valence-electron chi connectivity index (χ4n) is 1.25. The van der Waals surface area contributed by atoms with Gasteiger partial charge in [0.2, 0.25) is 5.78 Å². The Morgan fingerprint density at radius 2 is 1.93 bits per heavy atom. The van der Waals surface area contributed by atoms with Gasteiger partial charge in [0.25, 0.3) is 5.91 Å². The summed E-state index contributed by atoms with van der Waals surface area (Å²) in [6.07, 6.45) is 0. The van der Waals surface area contributed by atoms with Crippen LogP contribution in [0, 0.1) is 6.92 Å². The predicted molar refractivity (Wildman–Crippen MR) is 58.8 cm³/mol. The predicted octanol–water partition coefficient (Wildman–Crippen LogP) is 1.70. The highest BCUT2D eigenvalue weighted by Crippen LogP contribution is 2.04. The molecule has 0 saturated carbocycles. The molecule has 1 N–H and O–H groups in total. The first-order valence-corrected chi connectivity index (χ1v) is 4.92. The van der Waals surface area contributed by atoms with Crippen LogP contribution in [-0.2, 0) is 4.79 Å². The summed E-state index contributed by atoms with van der Waals surface area (Å²) in [4.78, 5) is 23.0. The van der Waals surface area contributed by atoms with Gasteiger partial charge in [-0.2, -0.15) is 0 Å². The van der Waals surface area contributed by atoms with Gasteiger partial charge in [-0.15, -0.1) is 0 Å². The second-order valence-corrected chi connectivity index (χ2v) is 3.83. The number of aryl methyl sites for hydroxylation is 1. The number of benzene rings is 1. The summed E-state index contributed by atoms with van der Waals surface area (Å²) in [5.41, 5.74) is 1.41. The molecule has 0 spiro atoms. The van der Waals surface area contributed by atoms with E-state index in [2.05, 4.69) is 5.32 Å². The normalized spacial score (nSPS) is 10.1. The van der Waals surface area contributed by atoms with E-state index < -0.39 is 11.7 Å². The van der Waals surface area contributed by atoms with Crippen LogP contribution in [0.25, 0.3) is 0 Å². The maximum absolute atomic E-state index is 11.6. The summed E-state index contributed by atoms with van der Waals surface area (Å²) < 4.78 is 0. The van der Waals surface area contributed by atoms with Crippen LogP contribution < -0.4 is 5.32 Å². The monoisotopic (exact) mass is 205 g/mol. The second-order valence-electron chi connectivity index (χ2n) is 3.83. The molecule has 0 aliphatic heterocycles. The van der Waals surface area contributed by atoms with Crippen LogP contribution in [0.1, 0.15) is 29.8 Å². The van der Waals surface area contributed by atoms with E-state index in [1.165, 1.54) is 0 Å². The van der Waals surface area contributed by atoms with E-state index in [-0.39, 0.29) is 6.04 Å². The molecule has 0 saturated heterocycles. The molecule has 1 amide bonds. The number of amides is 1. The van der Waals surface area contributed by atoms with Gasteiger partial charge < -0.3 is 5.32 Å². The topological polar surface area (TPSA) is 46.2 Å². The fourth-order valence-corrected chi connectivity index (χ4v) is 1.25. The molecule has 0 atom stereocenters. The number of hydrogen-bond donors (Lipinski definition) is 1. The number of rotatable bonds is 3. The first-order valence-electron chi connectivity index (χ1n) is 4.92. The minimum Gasteiger partial charge on any atom is -0.347 e. The van der Waals surface area contributed by atoms with Gasteiger partial charge in [0.15, 0.2) is 0 Å². The molecule has 0 aromatic heterocycles. The zero-order valence-corrected chi connectivity index (χ0v) is 9.20. The first-order chi connectivity index (χ1) is 7.00. The van der Waals surface area contributed by atoms with Crippen molar-refractivity contribution in [1.82, 2.24) is 5.32 Å². The third-order valence-corrected chi connectivity index (χ3v) is 1.91. The molecular formula is C12H15NO2. The van der Waals surface area contributed by atoms with E-state index in [1.54, 1.807) is 18.2 Å². The Morgan fingerprint density at radius 3 is 2.47 bits per heavy atom. The number of hydrogen-bond acceptors (Lipinski definition) is 2. The van der Waals surface area contributed by atoms with Crippen molar-refractivity contribution in [2.24, 2.45) is 0 Å². The highest BCUT2D eigenvalue weighted by molar-refractivity contribution is 6.42. The molecule has 1 rings (SSSR count). The number of carbonyl (C=O) groups excluding carboxylic acids is 2. The van der Waals surface area contributed by atoms with Gasteiger partial charge in [-0.1, -0.05) is 23.8 Å². The molecule has 0 bridgehead atoms. The van der Waals surface area contributed by atoms with Crippen molar-refractivity contribution >= 4 is 11.7 Å². The molecule has 3 heteroatoms. The average molecular weight is 205 g/mol. The third kappa shape index (κ3) is 3.20. The van der Waals surface area contributed by atoms with Crippen molar-refractivity contribution in [3.63, 3.8) is 0 Å². The average Bonchev–Trinajstić information content (AvgIpc) is 2.15. The van der Waals surface area contributed by atoms with Crippen LogP contribution in [0.5, 0.6) is 0 Å². The van der Waals surface area contributed by atoms with Gasteiger partial charge in [0, 0.05) is 11.6 Å². The Kier molecular flexibility index (Phi) is 3.61. The lowest BCUT2D eigenvalue weighted by atomic mass is 10.1. The van der Waals surface area contributed by atoms with E-state index in [0.29, 0.717) is 5.56 Å². The van der Waals surface area contributed by atoms with Gasteiger partial charge in [0.05, 0.1) is 0 Å². The molecule has 0 unspecified atom stereocenters. The van der Waals surface area contributed by atoms with Crippen molar-refractivity contribution in [2.45, 2.75) is 26.8 Å². The zero-order chi connectivity index (χ0) is 11.4. The van der Waals surface area contributed by atoms with E-state index in [1.807, 2.05) is 26.8 Å². The molecule has 1 aromatic carbocycles. The number of nitrogens with one attached hydrogen (secondary N) is 1. The van der Waals surface area contributed by atoms with E-state index in [4.69, 9.17) is 0 Å². The number of carbonyl (C=O) groups is 2. The van der Waals surface area contributed by atoms with Gasteiger partial charge in [0.1, 0.15) is 0 Å². The van der Waals surface area contributed by atoms with Crippen molar-refractivity contribution in [3.05, 3.63) is 35.4 Å². The maximum atomic E-state index is 11.6. The summed E-state index contributed by atoms with van der Waals surface area (Å²) in [6, 6.07) is 6.99. The molecular weight excluding hydrogens is 190 g/mol. The molecule has 0 heterocycles.